The molecule has 3 amide bonds. The molecule has 14 nitrogen and oxygen atoms in total. The van der Waals surface area contributed by atoms with Crippen molar-refractivity contribution < 1.29 is 34.5 Å². The van der Waals surface area contributed by atoms with E-state index in [2.05, 4.69) is 26.2 Å². The van der Waals surface area contributed by atoms with E-state index in [0.29, 0.717) is 22.0 Å². The van der Waals surface area contributed by atoms with Crippen molar-refractivity contribution >= 4 is 47.2 Å². The summed E-state index contributed by atoms with van der Waals surface area (Å²) in [4.78, 5) is 52.9. The summed E-state index contributed by atoms with van der Waals surface area (Å²) in [6, 6.07) is 9.70. The van der Waals surface area contributed by atoms with Crippen LogP contribution in [0.25, 0.3) is 0 Å². The van der Waals surface area contributed by atoms with Crippen molar-refractivity contribution in [3.63, 3.8) is 0 Å². The van der Waals surface area contributed by atoms with Gasteiger partial charge >= 0.3 is 5.97 Å². The zero-order chi connectivity index (χ0) is 29.3. The topological polar surface area (TPSA) is 200 Å². The van der Waals surface area contributed by atoms with Crippen LogP contribution in [0.1, 0.15) is 22.0 Å². The number of fused-ring (bicyclic) bond motifs is 1. The summed E-state index contributed by atoms with van der Waals surface area (Å²) in [5.41, 5.74) is 0.349. The van der Waals surface area contributed by atoms with E-state index in [1.165, 1.54) is 46.4 Å². The highest BCUT2D eigenvalue weighted by atomic mass is 32.2. The molecule has 16 heteroatoms. The third kappa shape index (κ3) is 5.43. The number of carbonyl (C=O) groups is 4. The van der Waals surface area contributed by atoms with Gasteiger partial charge in [0.25, 0.3) is 11.8 Å². The van der Waals surface area contributed by atoms with Gasteiger partial charge in [0.15, 0.2) is 0 Å². The Bertz CT molecular complexity index is 1540. The molecular formula is C25H23N7O7S2. The molecule has 2 aliphatic rings. The molecule has 1 aromatic heterocycles. The number of benzene rings is 2. The molecule has 0 saturated carbocycles. The molecule has 0 bridgehead atoms. The number of aromatic nitrogens is 4. The van der Waals surface area contributed by atoms with E-state index in [1.807, 2.05) is 0 Å². The van der Waals surface area contributed by atoms with E-state index in [0.717, 1.165) is 4.90 Å². The Morgan fingerprint density at radius 1 is 1.12 bits per heavy atom. The molecule has 1 unspecified atom stereocenters. The average molecular weight is 598 g/mol. The summed E-state index contributed by atoms with van der Waals surface area (Å²) < 4.78 is 1.45. The number of phenolic OH excluding ortho intramolecular Hbond substituents is 2. The van der Waals surface area contributed by atoms with Crippen LogP contribution < -0.4 is 10.6 Å². The smallest absolute Gasteiger partial charge is 0.352 e. The first-order chi connectivity index (χ1) is 19.7. The minimum atomic E-state index is -1.29. The van der Waals surface area contributed by atoms with E-state index >= 15 is 0 Å². The third-order valence-corrected chi connectivity index (χ3v) is 8.86. The highest BCUT2D eigenvalue weighted by Gasteiger charge is 2.54. The predicted molar refractivity (Wildman–Crippen MR) is 146 cm³/mol. The summed E-state index contributed by atoms with van der Waals surface area (Å²) in [5, 5.41) is 46.3. The number of amides is 3. The molecule has 2 aromatic carbocycles. The van der Waals surface area contributed by atoms with Crippen LogP contribution in [0.3, 0.4) is 0 Å². The van der Waals surface area contributed by atoms with Crippen molar-refractivity contribution in [3.8, 4) is 11.5 Å². The summed E-state index contributed by atoms with van der Waals surface area (Å²) in [5.74, 6) is -3.91. The van der Waals surface area contributed by atoms with Gasteiger partial charge in [0.1, 0.15) is 40.2 Å². The number of carbonyl (C=O) groups excluding carboxylic acids is 3. The number of nitrogens with one attached hydrogen (secondary N) is 2. The van der Waals surface area contributed by atoms with Crippen LogP contribution >= 0.6 is 23.5 Å². The number of hydrogen-bond acceptors (Lipinski definition) is 11. The van der Waals surface area contributed by atoms with Gasteiger partial charge in [-0.05, 0) is 33.7 Å². The summed E-state index contributed by atoms with van der Waals surface area (Å²) in [6.07, 6.45) is 0. The van der Waals surface area contributed by atoms with Gasteiger partial charge in [-0.25, -0.2) is 9.48 Å². The zero-order valence-electron chi connectivity index (χ0n) is 21.3. The molecule has 2 aliphatic heterocycles. The van der Waals surface area contributed by atoms with Gasteiger partial charge in [-0.1, -0.05) is 48.2 Å². The number of β-lactam (4-membered cyclic amide) rings is 1. The van der Waals surface area contributed by atoms with Crippen LogP contribution in [0, 0.1) is 0 Å². The van der Waals surface area contributed by atoms with Crippen LogP contribution in [0.4, 0.5) is 0 Å². The fourth-order valence-electron chi connectivity index (χ4n) is 4.44. The summed E-state index contributed by atoms with van der Waals surface area (Å²) in [7, 11) is 1.66. The Hall–Kier alpha value is -4.57. The van der Waals surface area contributed by atoms with Gasteiger partial charge in [-0.3, -0.25) is 19.3 Å². The molecule has 212 valence electrons. The molecule has 5 N–H and O–H groups in total. The fourth-order valence-corrected chi connectivity index (χ4v) is 6.77. The maximum absolute atomic E-state index is 13.5. The number of aryl methyl sites for hydroxylation is 1. The maximum atomic E-state index is 13.5. The van der Waals surface area contributed by atoms with Crippen molar-refractivity contribution in [2.24, 2.45) is 7.05 Å². The summed E-state index contributed by atoms with van der Waals surface area (Å²) in [6.45, 7) is 0. The highest BCUT2D eigenvalue weighted by Crippen LogP contribution is 2.41. The first kappa shape index (κ1) is 28.0. The van der Waals surface area contributed by atoms with Gasteiger partial charge in [0.2, 0.25) is 11.1 Å². The second kappa shape index (κ2) is 11.5. The molecule has 41 heavy (non-hydrogen) atoms. The lowest BCUT2D eigenvalue weighted by atomic mass is 10.0. The molecule has 3 heterocycles. The number of nitrogens with zero attached hydrogens (tertiary/aromatic N) is 5. The molecule has 3 aromatic rings. The number of aliphatic carboxylic acids is 1. The van der Waals surface area contributed by atoms with Crippen molar-refractivity contribution in [3.05, 3.63) is 70.9 Å². The number of hydrogen-bond donors (Lipinski definition) is 5. The molecule has 1 saturated heterocycles. The zero-order valence-corrected chi connectivity index (χ0v) is 22.9. The molecule has 0 spiro atoms. The first-order valence-electron chi connectivity index (χ1n) is 12.1. The van der Waals surface area contributed by atoms with Crippen molar-refractivity contribution in [1.29, 1.82) is 0 Å². The number of aromatic hydroxyl groups is 2. The Morgan fingerprint density at radius 2 is 1.83 bits per heavy atom. The molecule has 5 rings (SSSR count). The summed E-state index contributed by atoms with van der Waals surface area (Å²) >= 11 is 2.54. The lowest BCUT2D eigenvalue weighted by Gasteiger charge is -2.49. The van der Waals surface area contributed by atoms with Crippen LogP contribution in [0.15, 0.2) is 65.0 Å². The lowest BCUT2D eigenvalue weighted by molar-refractivity contribution is -0.151. The van der Waals surface area contributed by atoms with Crippen LogP contribution in [-0.2, 0) is 21.4 Å². The quantitative estimate of drug-likeness (QED) is 0.170. The normalized spacial score (nSPS) is 18.8. The maximum Gasteiger partial charge on any atom is 0.352 e. The van der Waals surface area contributed by atoms with Gasteiger partial charge in [0.05, 0.1) is 0 Å². The molecular weight excluding hydrogens is 574 g/mol. The second-order valence-corrected chi connectivity index (χ2v) is 11.1. The number of carboxylic acids is 1. The van der Waals surface area contributed by atoms with E-state index in [4.69, 9.17) is 0 Å². The lowest BCUT2D eigenvalue weighted by Crippen LogP contribution is -2.71. The Morgan fingerprint density at radius 3 is 2.46 bits per heavy atom. The Balaban J connectivity index is 1.34. The molecule has 3 atom stereocenters. The standard InChI is InChI=1S/C25H23N7O7S2/c1-31-25(28-29-30-31)41-11-13-10-40-23-18(22(37)32(23)19(13)24(38)39)27-21(36)17(12-6-3-2-4-7-12)26-20(35)16-14(33)8-5-9-15(16)34/h2-9,17-18,23,33-34H,10-11H2,1H3,(H,26,35)(H,27,36)(H,38,39)/t17-,18?,23-/m0/s1. The highest BCUT2D eigenvalue weighted by molar-refractivity contribution is 8.01. The predicted octanol–water partition coefficient (Wildman–Crippen LogP) is 0.623. The van der Waals surface area contributed by atoms with E-state index in [1.54, 1.807) is 37.4 Å². The van der Waals surface area contributed by atoms with Crippen LogP contribution in [-0.4, -0.2) is 87.0 Å². The van der Waals surface area contributed by atoms with E-state index in [9.17, 15) is 34.5 Å². The molecule has 0 aliphatic carbocycles. The fraction of sp³-hybridized carbons (Fsp3) is 0.240. The number of tetrazole rings is 1. The van der Waals surface area contributed by atoms with Gasteiger partial charge in [-0.2, -0.15) is 0 Å². The minimum Gasteiger partial charge on any atom is -0.507 e. The Labute approximate surface area is 240 Å². The van der Waals surface area contributed by atoms with Gasteiger partial charge in [0, 0.05) is 18.6 Å². The number of carboxylic acid groups (broad SMARTS) is 1. The van der Waals surface area contributed by atoms with Crippen LogP contribution in [0.5, 0.6) is 11.5 Å². The number of rotatable bonds is 9. The van der Waals surface area contributed by atoms with Gasteiger partial charge < -0.3 is 26.0 Å². The SMILES string of the molecule is Cn1nnnc1SCC1=C(C(=O)O)N2C(=O)C(NC(=O)[C@@H](NC(=O)c3c(O)cccc3O)c3ccccc3)[C@@H]2SC1. The molecule has 0 radical (unpaired) electrons. The van der Waals surface area contributed by atoms with E-state index in [-0.39, 0.29) is 11.4 Å². The van der Waals surface area contributed by atoms with Crippen molar-refractivity contribution in [2.75, 3.05) is 11.5 Å². The largest absolute Gasteiger partial charge is 0.507 e. The number of thioether (sulfide) groups is 2. The number of phenols is 2. The van der Waals surface area contributed by atoms with Crippen LogP contribution in [0.2, 0.25) is 0 Å². The average Bonchev–Trinajstić information content (AvgIpc) is 3.37. The van der Waals surface area contributed by atoms with Gasteiger partial charge in [-0.15, -0.1) is 16.9 Å². The third-order valence-electron chi connectivity index (χ3n) is 6.42. The van der Waals surface area contributed by atoms with Crippen molar-refractivity contribution in [1.82, 2.24) is 35.7 Å². The second-order valence-electron chi connectivity index (χ2n) is 9.02. The first-order valence-corrected chi connectivity index (χ1v) is 14.1. The molecule has 1 fully saturated rings. The monoisotopic (exact) mass is 597 g/mol. The Kier molecular flexibility index (Phi) is 7.85. The van der Waals surface area contributed by atoms with Crippen molar-refractivity contribution in [2.45, 2.75) is 22.6 Å². The minimum absolute atomic E-state index is 0.144. The van der Waals surface area contributed by atoms with E-state index < -0.39 is 58.2 Å².